The van der Waals surface area contributed by atoms with Crippen LogP contribution in [0.1, 0.15) is 15.9 Å². The van der Waals surface area contributed by atoms with Crippen molar-refractivity contribution in [3.05, 3.63) is 78.2 Å². The van der Waals surface area contributed by atoms with Gasteiger partial charge in [-0.05, 0) is 55.1 Å². The highest BCUT2D eigenvalue weighted by atomic mass is 32.3. The topological polar surface area (TPSA) is 116 Å². The molecule has 1 atom stereocenters. The van der Waals surface area contributed by atoms with E-state index in [0.717, 1.165) is 10.5 Å². The summed E-state index contributed by atoms with van der Waals surface area (Å²) in [6.45, 7) is 2.23. The molecule has 0 aliphatic heterocycles. The number of aliphatic hydroxyl groups excluding tert-OH is 1. The second-order valence-corrected chi connectivity index (χ2v) is 10.1. The van der Waals surface area contributed by atoms with Crippen LogP contribution in [0.2, 0.25) is 0 Å². The molecular formula is C23H27N5O3S. The Kier molecular flexibility index (Phi) is 7.93. The molecule has 3 rings (SSSR count). The summed E-state index contributed by atoms with van der Waals surface area (Å²) in [5.41, 5.74) is 2.10. The Morgan fingerprint density at radius 2 is 1.84 bits per heavy atom. The number of aryl methyl sites for hydroxylation is 1. The minimum atomic E-state index is -2.22. The molecule has 0 aliphatic rings. The molecule has 4 N–H and O–H groups in total. The summed E-state index contributed by atoms with van der Waals surface area (Å²) in [5.74, 6) is -0.567. The predicted octanol–water partition coefficient (Wildman–Crippen LogP) is 2.50. The Balaban J connectivity index is 1.98. The monoisotopic (exact) mass is 453 g/mol. The maximum atomic E-state index is 13.2. The van der Waals surface area contributed by atoms with Gasteiger partial charge < -0.3 is 20.5 Å². The molecule has 8 nitrogen and oxygen atoms in total. The van der Waals surface area contributed by atoms with Crippen molar-refractivity contribution in [1.29, 1.82) is 0 Å². The fourth-order valence-corrected chi connectivity index (χ4v) is 5.69. The first kappa shape index (κ1) is 23.4. The molecule has 0 saturated heterocycles. The van der Waals surface area contributed by atoms with Crippen molar-refractivity contribution in [1.82, 2.24) is 20.0 Å². The fraction of sp³-hybridized carbons (Fsp3) is 0.217. The van der Waals surface area contributed by atoms with E-state index in [9.17, 15) is 9.59 Å². The lowest BCUT2D eigenvalue weighted by molar-refractivity contribution is -0.118. The van der Waals surface area contributed by atoms with Crippen molar-refractivity contribution in [2.24, 2.45) is 0 Å². The highest BCUT2D eigenvalue weighted by Gasteiger charge is 2.31. The number of hydrogen-bond donors (Lipinski definition) is 4. The first-order chi connectivity index (χ1) is 15.4. The Hall–Kier alpha value is -3.27. The van der Waals surface area contributed by atoms with Gasteiger partial charge in [-0.3, -0.25) is 14.6 Å². The van der Waals surface area contributed by atoms with Crippen LogP contribution in [0.25, 0.3) is 0 Å². The number of benzene rings is 1. The molecule has 0 saturated carbocycles. The lowest BCUT2D eigenvalue weighted by Crippen LogP contribution is -2.37. The Morgan fingerprint density at radius 3 is 2.56 bits per heavy atom. The molecule has 0 spiro atoms. The predicted molar refractivity (Wildman–Crippen MR) is 126 cm³/mol. The Morgan fingerprint density at radius 1 is 1.06 bits per heavy atom. The molecule has 0 fully saturated rings. The highest BCUT2D eigenvalue weighted by molar-refractivity contribution is 8.32. The smallest absolute Gasteiger partial charge is 0.258 e. The number of carbonyl (C=O) groups excluding carboxylic acids is 2. The molecule has 3 aromatic rings. The normalized spacial score (nSPS) is 13.6. The number of anilines is 1. The number of carbonyl (C=O) groups is 2. The molecule has 2 amide bonds. The zero-order chi connectivity index (χ0) is 23.0. The quantitative estimate of drug-likeness (QED) is 0.370. The van der Waals surface area contributed by atoms with Crippen LogP contribution in [0.4, 0.5) is 5.69 Å². The SMILES string of the molecule is Cc1cccc(NC(=O)c2cccnc2S(C)(NC(=O)CNCCO)c2ccncc2)c1. The first-order valence-corrected chi connectivity index (χ1v) is 12.1. The van der Waals surface area contributed by atoms with Gasteiger partial charge in [0.25, 0.3) is 5.91 Å². The largest absolute Gasteiger partial charge is 0.395 e. The van der Waals surface area contributed by atoms with Gasteiger partial charge in [-0.15, -0.1) is 0 Å². The third kappa shape index (κ3) is 5.70. The van der Waals surface area contributed by atoms with Crippen LogP contribution >= 0.6 is 10.2 Å². The van der Waals surface area contributed by atoms with E-state index < -0.39 is 10.2 Å². The Bertz CT molecular complexity index is 1080. The lowest BCUT2D eigenvalue weighted by Gasteiger charge is -2.37. The van der Waals surface area contributed by atoms with E-state index in [0.29, 0.717) is 22.8 Å². The molecular weight excluding hydrogens is 426 g/mol. The Labute approximate surface area is 189 Å². The van der Waals surface area contributed by atoms with Crippen LogP contribution in [0.5, 0.6) is 0 Å². The third-order valence-electron chi connectivity index (χ3n) is 4.69. The average molecular weight is 454 g/mol. The van der Waals surface area contributed by atoms with Gasteiger partial charge in [0, 0.05) is 35.7 Å². The molecule has 32 heavy (non-hydrogen) atoms. The summed E-state index contributed by atoms with van der Waals surface area (Å²) in [5, 5.41) is 15.2. The number of aromatic nitrogens is 2. The summed E-state index contributed by atoms with van der Waals surface area (Å²) in [7, 11) is -2.22. The molecule has 2 heterocycles. The van der Waals surface area contributed by atoms with Gasteiger partial charge in [0.1, 0.15) is 5.03 Å². The summed E-state index contributed by atoms with van der Waals surface area (Å²) in [6, 6.07) is 14.6. The molecule has 0 bridgehead atoms. The third-order valence-corrected chi connectivity index (χ3v) is 7.64. The lowest BCUT2D eigenvalue weighted by atomic mass is 10.2. The minimum Gasteiger partial charge on any atom is -0.395 e. The van der Waals surface area contributed by atoms with Crippen LogP contribution < -0.4 is 15.4 Å². The molecule has 168 valence electrons. The van der Waals surface area contributed by atoms with Crippen molar-refractivity contribution in [2.75, 3.05) is 31.3 Å². The second-order valence-electron chi connectivity index (χ2n) is 7.21. The van der Waals surface area contributed by atoms with E-state index >= 15 is 0 Å². The first-order valence-electron chi connectivity index (χ1n) is 10.1. The number of pyridine rings is 2. The zero-order valence-corrected chi connectivity index (χ0v) is 18.9. The van der Waals surface area contributed by atoms with E-state index in [1.165, 1.54) is 0 Å². The van der Waals surface area contributed by atoms with Crippen molar-refractivity contribution >= 4 is 27.7 Å². The average Bonchev–Trinajstić information content (AvgIpc) is 2.80. The van der Waals surface area contributed by atoms with Crippen molar-refractivity contribution in [2.45, 2.75) is 16.8 Å². The van der Waals surface area contributed by atoms with Gasteiger partial charge in [0.15, 0.2) is 0 Å². The molecule has 0 aliphatic carbocycles. The zero-order valence-electron chi connectivity index (χ0n) is 18.0. The van der Waals surface area contributed by atoms with E-state index in [4.69, 9.17) is 5.11 Å². The van der Waals surface area contributed by atoms with Gasteiger partial charge in [0.2, 0.25) is 5.91 Å². The van der Waals surface area contributed by atoms with E-state index in [1.54, 1.807) is 30.7 Å². The number of amides is 2. The van der Waals surface area contributed by atoms with Crippen LogP contribution in [0.3, 0.4) is 0 Å². The van der Waals surface area contributed by atoms with Crippen molar-refractivity contribution in [3.63, 3.8) is 0 Å². The summed E-state index contributed by atoms with van der Waals surface area (Å²) in [6.07, 6.45) is 6.79. The molecule has 1 unspecified atom stereocenters. The van der Waals surface area contributed by atoms with E-state index in [2.05, 4.69) is 25.3 Å². The summed E-state index contributed by atoms with van der Waals surface area (Å²) in [4.78, 5) is 35.4. The summed E-state index contributed by atoms with van der Waals surface area (Å²) < 4.78 is 3.08. The standard InChI is InChI=1S/C23H27N5O3S/c1-17-5-3-6-18(15-17)27-22(31)20-7-4-10-26-23(20)32(2,19-8-11-24-12-9-19)28-21(30)16-25-13-14-29/h3-12,15,25,29H,13-14,16H2,1-2H3,(H,27,31)(H,28,30). The van der Waals surface area contributed by atoms with Gasteiger partial charge in [-0.25, -0.2) is 4.98 Å². The number of nitrogens with zero attached hydrogens (tertiary/aromatic N) is 2. The van der Waals surface area contributed by atoms with E-state index in [1.807, 2.05) is 49.6 Å². The number of nitrogens with one attached hydrogen (secondary N) is 3. The highest BCUT2D eigenvalue weighted by Crippen LogP contribution is 2.56. The number of aliphatic hydroxyl groups is 1. The van der Waals surface area contributed by atoms with Crippen LogP contribution in [0.15, 0.2) is 77.0 Å². The molecule has 0 radical (unpaired) electrons. The number of hydrogen-bond acceptors (Lipinski definition) is 6. The molecule has 2 aromatic heterocycles. The molecule has 1 aromatic carbocycles. The fourth-order valence-electron chi connectivity index (χ4n) is 3.18. The summed E-state index contributed by atoms with van der Waals surface area (Å²) >= 11 is 0. The van der Waals surface area contributed by atoms with E-state index in [-0.39, 0.29) is 25.0 Å². The van der Waals surface area contributed by atoms with Crippen LogP contribution in [0, 0.1) is 6.92 Å². The second kappa shape index (κ2) is 10.9. The van der Waals surface area contributed by atoms with Crippen molar-refractivity contribution in [3.8, 4) is 0 Å². The van der Waals surface area contributed by atoms with Crippen LogP contribution in [-0.4, -0.2) is 52.8 Å². The van der Waals surface area contributed by atoms with Gasteiger partial charge >= 0.3 is 0 Å². The van der Waals surface area contributed by atoms with Gasteiger partial charge in [-0.1, -0.05) is 22.3 Å². The molecule has 9 heteroatoms. The maximum absolute atomic E-state index is 13.2. The number of rotatable bonds is 9. The van der Waals surface area contributed by atoms with Gasteiger partial charge in [-0.2, -0.15) is 0 Å². The van der Waals surface area contributed by atoms with Gasteiger partial charge in [0.05, 0.1) is 18.7 Å². The van der Waals surface area contributed by atoms with Crippen LogP contribution in [-0.2, 0) is 4.79 Å². The van der Waals surface area contributed by atoms with Crippen molar-refractivity contribution < 1.29 is 14.7 Å². The maximum Gasteiger partial charge on any atom is 0.258 e. The minimum absolute atomic E-state index is 0.0336.